The van der Waals surface area contributed by atoms with Crippen molar-refractivity contribution in [2.24, 2.45) is 0 Å². The van der Waals surface area contributed by atoms with E-state index in [1.807, 2.05) is 78.7 Å². The van der Waals surface area contributed by atoms with Crippen molar-refractivity contribution in [1.29, 1.82) is 0 Å². The highest BCUT2D eigenvalue weighted by molar-refractivity contribution is 5.97. The highest BCUT2D eigenvalue weighted by Crippen LogP contribution is 2.47. The minimum atomic E-state index is -0.826. The number of Topliss-reactive ketones (excluding diaryl/α,β-unsaturated/α-hetero) is 1. The van der Waals surface area contributed by atoms with Crippen LogP contribution >= 0.6 is 0 Å². The third kappa shape index (κ3) is 9.19. The standard InChI is InChI=1S/C43H44N2O7/c1-28(47)34-10-6-12-36(23-34)44-40(50)22-29-14-20-33(21-15-29)43-51-39(26-45(2)25-38(49)35-11-7-13-37(48)24-35)41(31-8-4-3-5-9-31)42(52-43)32-18-16-30(27-46)17-19-32/h3-21,23-24,38-39,41-43,46,48-49H,22,25-27H2,1-2H3,(H,44,50). The van der Waals surface area contributed by atoms with Crippen molar-refractivity contribution in [1.82, 2.24) is 4.90 Å². The summed E-state index contributed by atoms with van der Waals surface area (Å²) in [6.45, 7) is 2.19. The fourth-order valence-corrected chi connectivity index (χ4v) is 6.68. The molecule has 1 amide bonds. The quantitative estimate of drug-likeness (QED) is 0.0981. The highest BCUT2D eigenvalue weighted by atomic mass is 16.7. The van der Waals surface area contributed by atoms with Crippen LogP contribution in [0.3, 0.4) is 0 Å². The number of nitrogens with zero attached hydrogens (tertiary/aromatic N) is 1. The molecule has 0 radical (unpaired) electrons. The first-order valence-corrected chi connectivity index (χ1v) is 17.4. The number of hydrogen-bond donors (Lipinski definition) is 4. The molecule has 0 aromatic heterocycles. The van der Waals surface area contributed by atoms with Crippen LogP contribution in [0.1, 0.15) is 75.1 Å². The number of carbonyl (C=O) groups excluding carboxylic acids is 2. The summed E-state index contributed by atoms with van der Waals surface area (Å²) in [6, 6.07) is 38.9. The minimum Gasteiger partial charge on any atom is -0.508 e. The van der Waals surface area contributed by atoms with Gasteiger partial charge in [0.1, 0.15) is 5.75 Å². The Morgan fingerprint density at radius 1 is 0.788 bits per heavy atom. The lowest BCUT2D eigenvalue weighted by molar-refractivity contribution is -0.263. The molecule has 5 atom stereocenters. The van der Waals surface area contributed by atoms with Crippen LogP contribution in [-0.4, -0.2) is 58.2 Å². The summed E-state index contributed by atoms with van der Waals surface area (Å²) >= 11 is 0. The number of nitrogens with one attached hydrogen (secondary N) is 1. The molecule has 5 aromatic carbocycles. The number of rotatable bonds is 13. The number of phenols is 1. The van der Waals surface area contributed by atoms with Gasteiger partial charge in [0.05, 0.1) is 31.3 Å². The Labute approximate surface area is 304 Å². The molecule has 1 heterocycles. The van der Waals surface area contributed by atoms with E-state index in [9.17, 15) is 24.9 Å². The van der Waals surface area contributed by atoms with Gasteiger partial charge in [-0.15, -0.1) is 0 Å². The normalized spacial score (nSPS) is 19.2. The fraction of sp³-hybridized carbons (Fsp3) is 0.256. The Morgan fingerprint density at radius 3 is 2.17 bits per heavy atom. The number of aliphatic hydroxyl groups excluding tert-OH is 2. The number of likely N-dealkylation sites (N-methyl/N-ethyl adjacent to an activating group) is 1. The van der Waals surface area contributed by atoms with E-state index in [0.717, 1.165) is 27.8 Å². The van der Waals surface area contributed by atoms with Crippen molar-refractivity contribution < 1.29 is 34.4 Å². The zero-order valence-electron chi connectivity index (χ0n) is 29.3. The highest BCUT2D eigenvalue weighted by Gasteiger charge is 2.42. The number of carbonyl (C=O) groups is 2. The third-order valence-corrected chi connectivity index (χ3v) is 9.37. The van der Waals surface area contributed by atoms with Crippen LogP contribution in [0.5, 0.6) is 5.75 Å². The Kier molecular flexibility index (Phi) is 11.9. The zero-order chi connectivity index (χ0) is 36.6. The van der Waals surface area contributed by atoms with Gasteiger partial charge in [-0.3, -0.25) is 9.59 Å². The zero-order valence-corrected chi connectivity index (χ0v) is 29.3. The van der Waals surface area contributed by atoms with Crippen LogP contribution < -0.4 is 5.32 Å². The minimum absolute atomic E-state index is 0.0657. The summed E-state index contributed by atoms with van der Waals surface area (Å²) in [5.74, 6) is -0.396. The molecule has 268 valence electrons. The summed E-state index contributed by atoms with van der Waals surface area (Å²) in [6.07, 6.45) is -2.22. The van der Waals surface area contributed by atoms with E-state index in [0.29, 0.717) is 29.9 Å². The van der Waals surface area contributed by atoms with Gasteiger partial charge in [0.25, 0.3) is 0 Å². The number of ketones is 1. The number of amides is 1. The van der Waals surface area contributed by atoms with E-state index in [4.69, 9.17) is 9.47 Å². The fourth-order valence-electron chi connectivity index (χ4n) is 6.68. The second-order valence-electron chi connectivity index (χ2n) is 13.3. The Bertz CT molecular complexity index is 1950. The summed E-state index contributed by atoms with van der Waals surface area (Å²) in [5.41, 5.74) is 6.08. The first-order valence-electron chi connectivity index (χ1n) is 17.4. The van der Waals surface area contributed by atoms with Gasteiger partial charge in [-0.05, 0) is 66.1 Å². The molecule has 4 N–H and O–H groups in total. The summed E-state index contributed by atoms with van der Waals surface area (Å²) < 4.78 is 13.6. The van der Waals surface area contributed by atoms with Crippen LogP contribution in [-0.2, 0) is 27.3 Å². The van der Waals surface area contributed by atoms with Gasteiger partial charge in [-0.25, -0.2) is 0 Å². The largest absolute Gasteiger partial charge is 0.508 e. The number of ether oxygens (including phenoxy) is 2. The lowest BCUT2D eigenvalue weighted by atomic mass is 9.83. The second kappa shape index (κ2) is 16.9. The summed E-state index contributed by atoms with van der Waals surface area (Å²) in [4.78, 5) is 26.7. The molecular weight excluding hydrogens is 656 g/mol. The second-order valence-corrected chi connectivity index (χ2v) is 13.3. The molecule has 1 aliphatic heterocycles. The van der Waals surface area contributed by atoms with Gasteiger partial charge in [-0.2, -0.15) is 0 Å². The maximum Gasteiger partial charge on any atom is 0.228 e. The number of aliphatic hydroxyl groups is 2. The van der Waals surface area contributed by atoms with Gasteiger partial charge < -0.3 is 35.0 Å². The molecule has 6 rings (SSSR count). The van der Waals surface area contributed by atoms with E-state index < -0.39 is 18.5 Å². The molecule has 1 aliphatic rings. The average molecular weight is 701 g/mol. The van der Waals surface area contributed by atoms with Crippen LogP contribution in [0.25, 0.3) is 0 Å². The van der Waals surface area contributed by atoms with Crippen molar-refractivity contribution >= 4 is 17.4 Å². The first-order chi connectivity index (χ1) is 25.2. The van der Waals surface area contributed by atoms with Gasteiger partial charge in [0.15, 0.2) is 12.1 Å². The average Bonchev–Trinajstić information content (AvgIpc) is 3.15. The molecule has 9 heteroatoms. The van der Waals surface area contributed by atoms with Crippen molar-refractivity contribution in [3.8, 4) is 5.75 Å². The summed E-state index contributed by atoms with van der Waals surface area (Å²) in [7, 11) is 1.93. The number of hydrogen-bond acceptors (Lipinski definition) is 8. The maximum atomic E-state index is 12.9. The monoisotopic (exact) mass is 700 g/mol. The molecule has 9 nitrogen and oxygen atoms in total. The van der Waals surface area contributed by atoms with E-state index in [1.165, 1.54) is 6.92 Å². The molecule has 0 bridgehead atoms. The topological polar surface area (TPSA) is 129 Å². The Balaban J connectivity index is 1.25. The maximum absolute atomic E-state index is 12.9. The number of benzene rings is 5. The molecule has 5 unspecified atom stereocenters. The van der Waals surface area contributed by atoms with Crippen molar-refractivity contribution in [3.63, 3.8) is 0 Å². The number of phenolic OH excluding ortho intramolecular Hbond substituents is 1. The van der Waals surface area contributed by atoms with Crippen LogP contribution in [0, 0.1) is 0 Å². The lowest BCUT2D eigenvalue weighted by Gasteiger charge is -2.44. The van der Waals surface area contributed by atoms with E-state index in [-0.39, 0.29) is 42.5 Å². The molecule has 1 fully saturated rings. The van der Waals surface area contributed by atoms with Crippen molar-refractivity contribution in [3.05, 3.63) is 166 Å². The lowest BCUT2D eigenvalue weighted by Crippen LogP contribution is -2.44. The molecule has 0 aliphatic carbocycles. The van der Waals surface area contributed by atoms with Gasteiger partial charge in [0, 0.05) is 35.8 Å². The van der Waals surface area contributed by atoms with E-state index >= 15 is 0 Å². The predicted octanol–water partition coefficient (Wildman–Crippen LogP) is 6.87. The number of aromatic hydroxyl groups is 1. The molecule has 1 saturated heterocycles. The van der Waals surface area contributed by atoms with E-state index in [1.54, 1.807) is 48.5 Å². The van der Waals surface area contributed by atoms with Gasteiger partial charge in [0.2, 0.25) is 5.91 Å². The van der Waals surface area contributed by atoms with Crippen molar-refractivity contribution in [2.45, 2.75) is 50.5 Å². The summed E-state index contributed by atoms with van der Waals surface area (Å²) in [5, 5.41) is 33.6. The van der Waals surface area contributed by atoms with Gasteiger partial charge >= 0.3 is 0 Å². The Morgan fingerprint density at radius 2 is 1.48 bits per heavy atom. The van der Waals surface area contributed by atoms with E-state index in [2.05, 4.69) is 17.4 Å². The SMILES string of the molecule is CC(=O)c1cccc(NC(=O)Cc2ccc(C3OC(CN(C)CC(O)c4cccc(O)c4)C(c4ccccc4)C(c4ccc(CO)cc4)O3)cc2)c1. The van der Waals surface area contributed by atoms with Crippen molar-refractivity contribution in [2.75, 3.05) is 25.5 Å². The third-order valence-electron chi connectivity index (χ3n) is 9.37. The van der Waals surface area contributed by atoms with Gasteiger partial charge in [-0.1, -0.05) is 103 Å². The molecule has 0 saturated carbocycles. The number of anilines is 1. The first kappa shape index (κ1) is 36.6. The van der Waals surface area contributed by atoms with Crippen LogP contribution in [0.15, 0.2) is 127 Å². The Hall–Kier alpha value is -5.16. The molecular formula is C43H44N2O7. The van der Waals surface area contributed by atoms with Crippen LogP contribution in [0.4, 0.5) is 5.69 Å². The molecule has 0 spiro atoms. The smallest absolute Gasteiger partial charge is 0.228 e. The molecule has 52 heavy (non-hydrogen) atoms. The molecule has 5 aromatic rings. The van der Waals surface area contributed by atoms with Crippen LogP contribution in [0.2, 0.25) is 0 Å². The predicted molar refractivity (Wildman–Crippen MR) is 199 cm³/mol.